The normalized spacial score (nSPS) is 19.5. The third kappa shape index (κ3) is 4.23. The quantitative estimate of drug-likeness (QED) is 0.766. The fraction of sp³-hybridized carbons (Fsp3) is 0.360. The molecule has 1 fully saturated rings. The summed E-state index contributed by atoms with van der Waals surface area (Å²) in [6, 6.07) is 16.2. The highest BCUT2D eigenvalue weighted by atomic mass is 16.5. The van der Waals surface area contributed by atoms with Crippen molar-refractivity contribution < 1.29 is 19.4 Å². The van der Waals surface area contributed by atoms with Crippen LogP contribution in [0.25, 0.3) is 6.08 Å². The van der Waals surface area contributed by atoms with Gasteiger partial charge in [-0.15, -0.1) is 0 Å². The van der Waals surface area contributed by atoms with Crippen LogP contribution in [0.1, 0.15) is 53.7 Å². The van der Waals surface area contributed by atoms with Crippen LogP contribution in [-0.4, -0.2) is 46.9 Å². The summed E-state index contributed by atoms with van der Waals surface area (Å²) in [4.78, 5) is 26.6. The zero-order valence-electron chi connectivity index (χ0n) is 17.2. The van der Waals surface area contributed by atoms with Crippen LogP contribution < -0.4 is 4.74 Å². The van der Waals surface area contributed by atoms with Crippen LogP contribution in [0.15, 0.2) is 54.6 Å². The van der Waals surface area contributed by atoms with Gasteiger partial charge in [0.05, 0.1) is 12.0 Å². The molecule has 4 rings (SSSR count). The number of rotatable bonds is 5. The van der Waals surface area contributed by atoms with Gasteiger partial charge in [-0.3, -0.25) is 14.5 Å². The van der Waals surface area contributed by atoms with Gasteiger partial charge >= 0.3 is 0 Å². The standard InChI is InChI=1S/C25H27NO4/c1-18(20-5-3-2-4-6-20)26-13-11-25(12-14-26)16-23(29)22-15-19(7-9-21(28)17-27)8-10-24(22)30-25/h2-10,15,18,27H,11-14,16-17H2,1H3/b9-7+. The molecule has 2 heterocycles. The Morgan fingerprint density at radius 3 is 2.63 bits per heavy atom. The van der Waals surface area contributed by atoms with E-state index in [9.17, 15) is 9.59 Å². The number of carbonyl (C=O) groups excluding carboxylic acids is 2. The van der Waals surface area contributed by atoms with Crippen LogP contribution in [0, 0.1) is 0 Å². The Kier molecular flexibility index (Phi) is 5.84. The monoisotopic (exact) mass is 405 g/mol. The van der Waals surface area contributed by atoms with E-state index < -0.39 is 12.2 Å². The van der Waals surface area contributed by atoms with Crippen molar-refractivity contribution in [2.24, 2.45) is 0 Å². The highest BCUT2D eigenvalue weighted by Gasteiger charge is 2.43. The largest absolute Gasteiger partial charge is 0.486 e. The Bertz CT molecular complexity index is 958. The number of hydrogen-bond donors (Lipinski definition) is 1. The molecule has 1 saturated heterocycles. The van der Waals surface area contributed by atoms with E-state index in [-0.39, 0.29) is 11.6 Å². The van der Waals surface area contributed by atoms with Gasteiger partial charge in [0.25, 0.3) is 0 Å². The third-order valence-electron chi connectivity index (χ3n) is 6.27. The third-order valence-corrected chi connectivity index (χ3v) is 6.27. The van der Waals surface area contributed by atoms with E-state index in [1.165, 1.54) is 11.6 Å². The smallest absolute Gasteiger partial charge is 0.181 e. The van der Waals surface area contributed by atoms with Gasteiger partial charge in [0.2, 0.25) is 0 Å². The number of Topliss-reactive ketones (excluding diaryl/α,β-unsaturated/α-hetero) is 1. The number of ketones is 2. The molecule has 0 amide bonds. The van der Waals surface area contributed by atoms with Crippen molar-refractivity contribution >= 4 is 17.6 Å². The zero-order chi connectivity index (χ0) is 21.1. The molecule has 2 aromatic carbocycles. The van der Waals surface area contributed by atoms with Crippen LogP contribution in [0.4, 0.5) is 0 Å². The first kappa shape index (κ1) is 20.5. The fourth-order valence-corrected chi connectivity index (χ4v) is 4.40. The Balaban J connectivity index is 1.45. The lowest BCUT2D eigenvalue weighted by Crippen LogP contribution is -2.51. The summed E-state index contributed by atoms with van der Waals surface area (Å²) in [6.45, 7) is 3.49. The van der Waals surface area contributed by atoms with Crippen LogP contribution in [0.5, 0.6) is 5.75 Å². The number of aliphatic hydroxyl groups excluding tert-OH is 1. The Morgan fingerprint density at radius 2 is 1.93 bits per heavy atom. The molecule has 0 bridgehead atoms. The topological polar surface area (TPSA) is 66.8 Å². The molecule has 1 N–H and O–H groups in total. The molecule has 2 aromatic rings. The maximum Gasteiger partial charge on any atom is 0.181 e. The van der Waals surface area contributed by atoms with Crippen molar-refractivity contribution in [3.8, 4) is 5.75 Å². The molecule has 1 spiro atoms. The number of hydrogen-bond acceptors (Lipinski definition) is 5. The van der Waals surface area contributed by atoms with Crippen molar-refractivity contribution in [1.29, 1.82) is 0 Å². The van der Waals surface area contributed by atoms with E-state index in [0.29, 0.717) is 23.8 Å². The maximum absolute atomic E-state index is 12.9. The second-order valence-corrected chi connectivity index (χ2v) is 8.22. The Morgan fingerprint density at radius 1 is 1.20 bits per heavy atom. The number of benzene rings is 2. The molecular formula is C25H27NO4. The average Bonchev–Trinajstić information content (AvgIpc) is 2.78. The number of likely N-dealkylation sites (tertiary alicyclic amines) is 1. The molecule has 0 aliphatic carbocycles. The molecule has 2 aliphatic rings. The van der Waals surface area contributed by atoms with Crippen LogP contribution in [-0.2, 0) is 4.79 Å². The van der Waals surface area contributed by atoms with E-state index in [4.69, 9.17) is 9.84 Å². The van der Waals surface area contributed by atoms with Crippen LogP contribution in [0.2, 0.25) is 0 Å². The second-order valence-electron chi connectivity index (χ2n) is 8.22. The fourth-order valence-electron chi connectivity index (χ4n) is 4.40. The molecule has 0 saturated carbocycles. The summed E-state index contributed by atoms with van der Waals surface area (Å²) in [5, 5.41) is 8.83. The molecule has 0 aromatic heterocycles. The first-order valence-corrected chi connectivity index (χ1v) is 10.5. The Labute approximate surface area is 177 Å². The van der Waals surface area contributed by atoms with Gasteiger partial charge in [-0.25, -0.2) is 0 Å². The van der Waals surface area contributed by atoms with E-state index >= 15 is 0 Å². The van der Waals surface area contributed by atoms with Gasteiger partial charge in [-0.05, 0) is 36.3 Å². The predicted molar refractivity (Wildman–Crippen MR) is 116 cm³/mol. The number of nitrogens with zero attached hydrogens (tertiary/aromatic N) is 1. The lowest BCUT2D eigenvalue weighted by molar-refractivity contribution is -0.117. The summed E-state index contributed by atoms with van der Waals surface area (Å²) in [5.41, 5.74) is 2.19. The first-order chi connectivity index (χ1) is 14.5. The van der Waals surface area contributed by atoms with E-state index in [0.717, 1.165) is 31.5 Å². The average molecular weight is 405 g/mol. The highest BCUT2D eigenvalue weighted by Crippen LogP contribution is 2.41. The molecule has 1 unspecified atom stereocenters. The molecular weight excluding hydrogens is 378 g/mol. The number of ether oxygens (including phenoxy) is 1. The van der Waals surface area contributed by atoms with Gasteiger partial charge in [0.15, 0.2) is 11.6 Å². The summed E-state index contributed by atoms with van der Waals surface area (Å²) in [7, 11) is 0. The molecule has 156 valence electrons. The van der Waals surface area contributed by atoms with E-state index in [2.05, 4.69) is 36.1 Å². The van der Waals surface area contributed by atoms with E-state index in [1.54, 1.807) is 12.1 Å². The van der Waals surface area contributed by atoms with Crippen molar-refractivity contribution in [3.63, 3.8) is 0 Å². The predicted octanol–water partition coefficient (Wildman–Crippen LogP) is 3.82. The molecule has 0 radical (unpaired) electrons. The van der Waals surface area contributed by atoms with Gasteiger partial charge in [0.1, 0.15) is 18.0 Å². The lowest BCUT2D eigenvalue weighted by atomic mass is 9.81. The van der Waals surface area contributed by atoms with Crippen molar-refractivity contribution in [2.45, 2.75) is 37.8 Å². The summed E-state index contributed by atoms with van der Waals surface area (Å²) in [5.74, 6) is 0.344. The summed E-state index contributed by atoms with van der Waals surface area (Å²) in [6.07, 6.45) is 4.96. The minimum Gasteiger partial charge on any atom is -0.486 e. The number of fused-ring (bicyclic) bond motifs is 1. The summed E-state index contributed by atoms with van der Waals surface area (Å²) < 4.78 is 6.39. The molecule has 5 heteroatoms. The minimum absolute atomic E-state index is 0.0875. The Hall–Kier alpha value is -2.76. The molecule has 5 nitrogen and oxygen atoms in total. The maximum atomic E-state index is 12.9. The van der Waals surface area contributed by atoms with Crippen molar-refractivity contribution in [3.05, 3.63) is 71.3 Å². The first-order valence-electron chi connectivity index (χ1n) is 10.5. The van der Waals surface area contributed by atoms with Gasteiger partial charge < -0.3 is 9.84 Å². The van der Waals surface area contributed by atoms with Gasteiger partial charge in [-0.2, -0.15) is 0 Å². The second kappa shape index (κ2) is 8.54. The van der Waals surface area contributed by atoms with E-state index in [1.807, 2.05) is 18.2 Å². The van der Waals surface area contributed by atoms with Gasteiger partial charge in [-0.1, -0.05) is 42.5 Å². The number of piperidine rings is 1. The zero-order valence-corrected chi connectivity index (χ0v) is 17.2. The molecule has 1 atom stereocenters. The van der Waals surface area contributed by atoms with Crippen LogP contribution in [0.3, 0.4) is 0 Å². The van der Waals surface area contributed by atoms with Crippen molar-refractivity contribution in [1.82, 2.24) is 4.90 Å². The van der Waals surface area contributed by atoms with Crippen molar-refractivity contribution in [2.75, 3.05) is 19.7 Å². The summed E-state index contributed by atoms with van der Waals surface area (Å²) >= 11 is 0. The lowest BCUT2D eigenvalue weighted by Gasteiger charge is -2.45. The minimum atomic E-state index is -0.522. The van der Waals surface area contributed by atoms with Gasteiger partial charge in [0, 0.05) is 32.0 Å². The SMILES string of the molecule is CC(c1ccccc1)N1CCC2(CC1)CC(=O)c1cc(/C=C/C(=O)CO)ccc1O2. The molecule has 30 heavy (non-hydrogen) atoms. The number of carbonyl (C=O) groups is 2. The van der Waals surface area contributed by atoms with Crippen LogP contribution >= 0.6 is 0 Å². The highest BCUT2D eigenvalue weighted by molar-refractivity contribution is 6.01. The molecule has 2 aliphatic heterocycles. The number of aliphatic hydroxyl groups is 1.